The number of rotatable bonds is 14. The lowest BCUT2D eigenvalue weighted by atomic mass is 10.0. The van der Waals surface area contributed by atoms with Crippen molar-refractivity contribution < 1.29 is 29.1 Å². The van der Waals surface area contributed by atoms with E-state index in [0.717, 1.165) is 10.9 Å². The van der Waals surface area contributed by atoms with E-state index < -0.39 is 53.8 Å². The number of benzene rings is 1. The van der Waals surface area contributed by atoms with Gasteiger partial charge in [-0.05, 0) is 24.0 Å². The summed E-state index contributed by atoms with van der Waals surface area (Å²) >= 11 is 4.11. The first-order chi connectivity index (χ1) is 17.4. The molecule has 37 heavy (non-hydrogen) atoms. The summed E-state index contributed by atoms with van der Waals surface area (Å²) in [6, 6.07) is 2.77. The maximum atomic E-state index is 12.9. The van der Waals surface area contributed by atoms with Gasteiger partial charge in [-0.25, -0.2) is 4.79 Å². The number of thiol groups is 1. The predicted octanol–water partition coefficient (Wildman–Crippen LogP) is -0.572. The maximum absolute atomic E-state index is 12.9. The van der Waals surface area contributed by atoms with E-state index in [1.807, 2.05) is 24.3 Å². The molecule has 9 N–H and O–H groups in total. The number of carbonyl (C=O) groups excluding carboxylic acids is 4. The molecule has 12 nitrogen and oxygen atoms in total. The molecule has 0 saturated heterocycles. The Hall–Kier alpha value is -3.58. The highest BCUT2D eigenvalue weighted by Crippen LogP contribution is 2.19. The Bertz CT molecular complexity index is 1140. The monoisotopic (exact) mass is 534 g/mol. The number of H-pyrrole nitrogens is 1. The van der Waals surface area contributed by atoms with Gasteiger partial charge in [0.25, 0.3) is 0 Å². The quantitative estimate of drug-likeness (QED) is 0.148. The molecular weight excluding hydrogens is 500 g/mol. The lowest BCUT2D eigenvalue weighted by Gasteiger charge is -2.25. The molecule has 4 atom stereocenters. The average Bonchev–Trinajstić information content (AvgIpc) is 3.26. The molecule has 0 fully saturated rings. The van der Waals surface area contributed by atoms with E-state index in [2.05, 4.69) is 33.6 Å². The Balaban J connectivity index is 2.11. The van der Waals surface area contributed by atoms with Gasteiger partial charge in [0.05, 0.1) is 6.04 Å². The Morgan fingerprint density at radius 1 is 0.973 bits per heavy atom. The van der Waals surface area contributed by atoms with Crippen LogP contribution in [0.4, 0.5) is 0 Å². The number of fused-ring (bicyclic) bond motifs is 1. The fourth-order valence-electron chi connectivity index (χ4n) is 3.59. The van der Waals surface area contributed by atoms with E-state index in [-0.39, 0.29) is 30.9 Å². The number of carboxylic acid groups (broad SMARTS) is 1. The minimum absolute atomic E-state index is 0.00269. The Kier molecular flexibility index (Phi) is 10.9. The highest BCUT2D eigenvalue weighted by atomic mass is 32.1. The third-order valence-corrected chi connectivity index (χ3v) is 6.23. The molecule has 13 heteroatoms. The summed E-state index contributed by atoms with van der Waals surface area (Å²) < 4.78 is 0. The van der Waals surface area contributed by atoms with E-state index in [1.165, 1.54) is 0 Å². The number of carbonyl (C=O) groups is 5. The fraction of sp³-hybridized carbons (Fsp3) is 0.458. The number of amides is 4. The van der Waals surface area contributed by atoms with Crippen LogP contribution >= 0.6 is 12.6 Å². The molecule has 0 bridgehead atoms. The zero-order valence-corrected chi connectivity index (χ0v) is 21.6. The number of carboxylic acids is 1. The highest BCUT2D eigenvalue weighted by Gasteiger charge is 2.30. The molecule has 2 rings (SSSR count). The maximum Gasteiger partial charge on any atom is 0.326 e. The molecule has 0 aliphatic carbocycles. The van der Waals surface area contributed by atoms with E-state index in [0.29, 0.717) is 5.56 Å². The summed E-state index contributed by atoms with van der Waals surface area (Å²) in [5.74, 6) is -4.42. The van der Waals surface area contributed by atoms with Crippen LogP contribution < -0.4 is 27.4 Å². The van der Waals surface area contributed by atoms with Gasteiger partial charge in [-0.2, -0.15) is 12.6 Å². The van der Waals surface area contributed by atoms with Crippen molar-refractivity contribution >= 4 is 53.1 Å². The Morgan fingerprint density at radius 3 is 2.16 bits per heavy atom. The summed E-state index contributed by atoms with van der Waals surface area (Å²) in [5, 5.41) is 17.9. The van der Waals surface area contributed by atoms with Gasteiger partial charge in [0.15, 0.2) is 0 Å². The Morgan fingerprint density at radius 2 is 1.57 bits per heavy atom. The van der Waals surface area contributed by atoms with Crippen LogP contribution in [0.15, 0.2) is 30.5 Å². The van der Waals surface area contributed by atoms with E-state index in [4.69, 9.17) is 11.5 Å². The number of nitrogens with one attached hydrogen (secondary N) is 4. The zero-order valence-electron chi connectivity index (χ0n) is 20.7. The minimum Gasteiger partial charge on any atom is -0.480 e. The van der Waals surface area contributed by atoms with Crippen LogP contribution in [0.2, 0.25) is 0 Å². The summed E-state index contributed by atoms with van der Waals surface area (Å²) in [6.07, 6.45) is 1.37. The van der Waals surface area contributed by atoms with Gasteiger partial charge >= 0.3 is 5.97 Å². The van der Waals surface area contributed by atoms with Crippen molar-refractivity contribution in [3.8, 4) is 0 Å². The van der Waals surface area contributed by atoms with Gasteiger partial charge in [-0.1, -0.05) is 32.0 Å². The Labute approximate surface area is 219 Å². The topological polar surface area (TPSA) is 209 Å². The molecule has 0 saturated carbocycles. The van der Waals surface area contributed by atoms with Crippen LogP contribution in [0.3, 0.4) is 0 Å². The van der Waals surface area contributed by atoms with E-state index in [9.17, 15) is 29.1 Å². The van der Waals surface area contributed by atoms with Crippen molar-refractivity contribution in [2.75, 3.05) is 5.75 Å². The molecule has 1 heterocycles. The first-order valence-corrected chi connectivity index (χ1v) is 12.4. The van der Waals surface area contributed by atoms with E-state index in [1.54, 1.807) is 20.0 Å². The minimum atomic E-state index is -1.28. The molecule has 0 spiro atoms. The normalized spacial score (nSPS) is 14.4. The molecule has 0 aliphatic heterocycles. The molecule has 4 unspecified atom stereocenters. The lowest BCUT2D eigenvalue weighted by Crippen LogP contribution is -2.58. The molecule has 1 aromatic carbocycles. The van der Waals surface area contributed by atoms with Gasteiger partial charge in [-0.3, -0.25) is 19.2 Å². The van der Waals surface area contributed by atoms with Gasteiger partial charge < -0.3 is 37.5 Å². The molecule has 202 valence electrons. The van der Waals surface area contributed by atoms with Crippen LogP contribution in [0.25, 0.3) is 10.9 Å². The lowest BCUT2D eigenvalue weighted by molar-refractivity contribution is -0.142. The third kappa shape index (κ3) is 8.50. The summed E-state index contributed by atoms with van der Waals surface area (Å²) in [4.78, 5) is 64.4. The first-order valence-electron chi connectivity index (χ1n) is 11.8. The van der Waals surface area contributed by atoms with Crippen molar-refractivity contribution in [2.24, 2.45) is 17.4 Å². The van der Waals surface area contributed by atoms with Crippen molar-refractivity contribution in [3.63, 3.8) is 0 Å². The number of hydrogen-bond donors (Lipinski definition) is 8. The molecule has 0 radical (unpaired) electrons. The van der Waals surface area contributed by atoms with Gasteiger partial charge in [-0.15, -0.1) is 0 Å². The summed E-state index contributed by atoms with van der Waals surface area (Å²) in [6.45, 7) is 3.47. The summed E-state index contributed by atoms with van der Waals surface area (Å²) in [7, 11) is 0. The second kappa shape index (κ2) is 13.7. The smallest absolute Gasteiger partial charge is 0.326 e. The summed E-state index contributed by atoms with van der Waals surface area (Å²) in [5.41, 5.74) is 12.6. The van der Waals surface area contributed by atoms with Crippen LogP contribution in [0.1, 0.15) is 32.3 Å². The van der Waals surface area contributed by atoms with Crippen molar-refractivity contribution in [2.45, 2.75) is 57.3 Å². The number of aromatic nitrogens is 1. The molecule has 1 aromatic heterocycles. The standard InChI is InChI=1S/C24H34N6O6S/c1-12(2)20(26)23(34)28-16(7-8-19(25)31)21(32)30-18(11-37)22(33)29-17(24(35)36)9-13-10-27-15-6-4-3-5-14(13)15/h3-6,10,12,16-18,20,27,37H,7-9,11,26H2,1-2H3,(H2,25,31)(H,28,34)(H,29,33)(H,30,32)(H,35,36). The second-order valence-electron chi connectivity index (χ2n) is 9.04. The molecule has 0 aliphatic rings. The number of nitrogens with two attached hydrogens (primary N) is 2. The fourth-order valence-corrected chi connectivity index (χ4v) is 3.84. The predicted molar refractivity (Wildman–Crippen MR) is 141 cm³/mol. The number of aliphatic carboxylic acids is 1. The van der Waals surface area contributed by atoms with E-state index >= 15 is 0 Å². The van der Waals surface area contributed by atoms with Gasteiger partial charge in [0.2, 0.25) is 23.6 Å². The van der Waals surface area contributed by atoms with Crippen molar-refractivity contribution in [3.05, 3.63) is 36.0 Å². The largest absolute Gasteiger partial charge is 0.480 e. The highest BCUT2D eigenvalue weighted by molar-refractivity contribution is 7.80. The third-order valence-electron chi connectivity index (χ3n) is 5.86. The van der Waals surface area contributed by atoms with Gasteiger partial charge in [0.1, 0.15) is 18.1 Å². The van der Waals surface area contributed by atoms with Crippen molar-refractivity contribution in [1.82, 2.24) is 20.9 Å². The molecular formula is C24H34N6O6S. The van der Waals surface area contributed by atoms with Crippen LogP contribution in [-0.2, 0) is 30.4 Å². The van der Waals surface area contributed by atoms with Gasteiger partial charge in [0, 0.05) is 35.7 Å². The number of para-hydroxylation sites is 1. The van der Waals surface area contributed by atoms with Crippen LogP contribution in [-0.4, -0.2) is 69.6 Å². The number of hydrogen-bond acceptors (Lipinski definition) is 7. The number of primary amides is 1. The zero-order chi connectivity index (χ0) is 27.7. The SMILES string of the molecule is CC(C)C(N)C(=O)NC(CCC(N)=O)C(=O)NC(CS)C(=O)NC(Cc1c[nH]c2ccccc12)C(=O)O. The first kappa shape index (κ1) is 29.6. The van der Waals surface area contributed by atoms with Crippen molar-refractivity contribution in [1.29, 1.82) is 0 Å². The number of aromatic amines is 1. The molecule has 2 aromatic rings. The molecule has 4 amide bonds. The van der Waals surface area contributed by atoms with Crippen LogP contribution in [0, 0.1) is 5.92 Å². The van der Waals surface area contributed by atoms with Crippen LogP contribution in [0.5, 0.6) is 0 Å². The second-order valence-corrected chi connectivity index (χ2v) is 9.41. The average molecular weight is 535 g/mol.